The highest BCUT2D eigenvalue weighted by molar-refractivity contribution is 6.28. The van der Waals surface area contributed by atoms with Gasteiger partial charge in [0.15, 0.2) is 29.1 Å². The van der Waals surface area contributed by atoms with Crippen molar-refractivity contribution in [1.82, 2.24) is 29.9 Å². The minimum absolute atomic E-state index is 0.0528. The van der Waals surface area contributed by atoms with E-state index in [2.05, 4.69) is 66.0 Å². The summed E-state index contributed by atoms with van der Waals surface area (Å²) in [6, 6.07) is 67.3. The number of rotatable bonds is 9. The molecule has 0 aliphatic carbocycles. The molecule has 0 saturated heterocycles. The average molecular weight is 936 g/mol. The van der Waals surface area contributed by atoms with E-state index >= 15 is 0 Å². The molecule has 8 aromatic carbocycles. The largest absolute Gasteiger partial charge is 0.569 e. The molecule has 335 valence electrons. The lowest BCUT2D eigenvalue weighted by Gasteiger charge is -2.09. The van der Waals surface area contributed by atoms with Crippen LogP contribution in [0.2, 0.25) is 5.28 Å². The molecule has 10 rings (SSSR count). The second kappa shape index (κ2) is 23.0. The van der Waals surface area contributed by atoms with Crippen molar-refractivity contribution in [2.24, 2.45) is 0 Å². The Morgan fingerprint density at radius 3 is 1.09 bits per heavy atom. The second-order valence-corrected chi connectivity index (χ2v) is 15.3. The summed E-state index contributed by atoms with van der Waals surface area (Å²) in [7, 11) is 0.467. The molecule has 0 fully saturated rings. The SMILES string of the molecule is Clc1nc(-c2ccccc2)nc(-c2ccc(-c3ccccc3)cc2)n1.N#Cc1cc(-c2nc(-c3ccccc3)nc(-c3ccc(-c4ccccc4)cc3)n2)ccc1F.N#Cc1cc(O[B]O)ccc1F. The molecule has 10 nitrogen and oxygen atoms in total. The van der Waals surface area contributed by atoms with Crippen LogP contribution < -0.4 is 4.65 Å². The van der Waals surface area contributed by atoms with Gasteiger partial charge in [-0.3, -0.25) is 0 Å². The Kier molecular flexibility index (Phi) is 15.5. The number of hydrogen-bond acceptors (Lipinski definition) is 10. The lowest BCUT2D eigenvalue weighted by molar-refractivity contribution is 0.452. The molecule has 0 unspecified atom stereocenters. The van der Waals surface area contributed by atoms with Gasteiger partial charge in [0, 0.05) is 27.8 Å². The Hall–Kier alpha value is -9.27. The first kappa shape index (κ1) is 47.2. The number of benzene rings is 8. The van der Waals surface area contributed by atoms with Gasteiger partial charge in [0.1, 0.15) is 29.5 Å². The van der Waals surface area contributed by atoms with E-state index in [0.717, 1.165) is 45.0 Å². The number of aromatic nitrogens is 6. The summed E-state index contributed by atoms with van der Waals surface area (Å²) < 4.78 is 31.1. The van der Waals surface area contributed by atoms with Gasteiger partial charge in [-0.15, -0.1) is 0 Å². The monoisotopic (exact) mass is 935 g/mol. The highest BCUT2D eigenvalue weighted by Gasteiger charge is 2.15. The maximum absolute atomic E-state index is 13.9. The quantitative estimate of drug-likeness (QED) is 0.138. The molecule has 0 aliphatic rings. The Labute approximate surface area is 407 Å². The third-order valence-electron chi connectivity index (χ3n) is 10.4. The summed E-state index contributed by atoms with van der Waals surface area (Å²) >= 11 is 6.11. The summed E-state index contributed by atoms with van der Waals surface area (Å²) in [5.74, 6) is 1.56. The smallest absolute Gasteiger partial charge is 0.537 e. The number of nitriles is 2. The molecule has 14 heteroatoms. The average Bonchev–Trinajstić information content (AvgIpc) is 3.43. The van der Waals surface area contributed by atoms with Crippen LogP contribution in [0.4, 0.5) is 8.78 Å². The van der Waals surface area contributed by atoms with Gasteiger partial charge in [-0.05, 0) is 70.3 Å². The van der Waals surface area contributed by atoms with Gasteiger partial charge in [-0.1, -0.05) is 170 Å². The molecule has 0 bridgehead atoms. The van der Waals surface area contributed by atoms with E-state index in [1.165, 1.54) is 29.8 Å². The zero-order valence-electron chi connectivity index (χ0n) is 36.8. The normalized spacial score (nSPS) is 10.3. The van der Waals surface area contributed by atoms with E-state index < -0.39 is 11.6 Å². The van der Waals surface area contributed by atoms with E-state index in [1.807, 2.05) is 140 Å². The number of hydrogen-bond donors (Lipinski definition) is 1. The predicted octanol–water partition coefficient (Wildman–Crippen LogP) is 12.7. The van der Waals surface area contributed by atoms with Crippen LogP contribution in [0.15, 0.2) is 206 Å². The molecular weight excluding hydrogens is 901 g/mol. The zero-order chi connectivity index (χ0) is 48.7. The molecule has 2 aromatic heterocycles. The second-order valence-electron chi connectivity index (χ2n) is 15.0. The molecule has 1 N–H and O–H groups in total. The molecule has 1 radical (unpaired) electrons. The first-order chi connectivity index (χ1) is 34.3. The van der Waals surface area contributed by atoms with E-state index in [0.29, 0.717) is 42.4 Å². The van der Waals surface area contributed by atoms with Crippen molar-refractivity contribution in [2.45, 2.75) is 0 Å². The van der Waals surface area contributed by atoms with Gasteiger partial charge < -0.3 is 9.68 Å². The van der Waals surface area contributed by atoms with Crippen LogP contribution in [0.5, 0.6) is 5.75 Å². The van der Waals surface area contributed by atoms with Crippen molar-refractivity contribution in [3.05, 3.63) is 234 Å². The van der Waals surface area contributed by atoms with Crippen molar-refractivity contribution < 1.29 is 18.5 Å². The molecule has 0 aliphatic heterocycles. The van der Waals surface area contributed by atoms with Crippen molar-refractivity contribution in [3.8, 4) is 97.1 Å². The van der Waals surface area contributed by atoms with Gasteiger partial charge in [0.05, 0.1) is 11.1 Å². The molecule has 0 saturated carbocycles. The van der Waals surface area contributed by atoms with E-state index in [4.69, 9.17) is 26.9 Å². The molecule has 0 atom stereocenters. The molecule has 2 heterocycles. The topological polar surface area (TPSA) is 154 Å². The summed E-state index contributed by atoms with van der Waals surface area (Å²) in [4.78, 5) is 27.1. The maximum atomic E-state index is 13.9. The van der Waals surface area contributed by atoms with Crippen molar-refractivity contribution in [3.63, 3.8) is 0 Å². The molecule has 0 spiro atoms. The fourth-order valence-electron chi connectivity index (χ4n) is 6.90. The highest BCUT2D eigenvalue weighted by atomic mass is 35.5. The van der Waals surface area contributed by atoms with Gasteiger partial charge in [-0.2, -0.15) is 20.5 Å². The maximum Gasteiger partial charge on any atom is 0.569 e. The Morgan fingerprint density at radius 2 is 0.686 bits per heavy atom. The highest BCUT2D eigenvalue weighted by Crippen LogP contribution is 2.29. The fraction of sp³-hybridized carbons (Fsp3) is 0. The third kappa shape index (κ3) is 12.0. The van der Waals surface area contributed by atoms with Gasteiger partial charge in [0.25, 0.3) is 0 Å². The fourth-order valence-corrected chi connectivity index (χ4v) is 7.07. The van der Waals surface area contributed by atoms with Crippen LogP contribution in [0.3, 0.4) is 0 Å². The molecule has 10 aromatic rings. The molecule has 70 heavy (non-hydrogen) atoms. The van der Waals surface area contributed by atoms with Crippen molar-refractivity contribution in [2.75, 3.05) is 0 Å². The Balaban J connectivity index is 0.000000156. The summed E-state index contributed by atoms with van der Waals surface area (Å²) in [6.07, 6.45) is 0. The summed E-state index contributed by atoms with van der Waals surface area (Å²) in [6.45, 7) is 0. The van der Waals surface area contributed by atoms with Gasteiger partial charge in [-0.25, -0.2) is 28.7 Å². The van der Waals surface area contributed by atoms with E-state index in [-0.39, 0.29) is 22.2 Å². The van der Waals surface area contributed by atoms with Gasteiger partial charge in [0.2, 0.25) is 5.28 Å². The minimum atomic E-state index is -0.609. The lowest BCUT2D eigenvalue weighted by Crippen LogP contribution is -2.00. The zero-order valence-corrected chi connectivity index (χ0v) is 37.5. The van der Waals surface area contributed by atoms with Gasteiger partial charge >= 0.3 is 7.69 Å². The van der Waals surface area contributed by atoms with Crippen molar-refractivity contribution in [1.29, 1.82) is 10.5 Å². The van der Waals surface area contributed by atoms with Crippen LogP contribution in [-0.4, -0.2) is 42.6 Å². The number of halogens is 3. The third-order valence-corrected chi connectivity index (χ3v) is 10.6. The predicted molar refractivity (Wildman–Crippen MR) is 267 cm³/mol. The summed E-state index contributed by atoms with van der Waals surface area (Å²) in [5, 5.41) is 26.0. The van der Waals surface area contributed by atoms with E-state index in [1.54, 1.807) is 12.1 Å². The first-order valence-corrected chi connectivity index (χ1v) is 21.8. The van der Waals surface area contributed by atoms with Crippen LogP contribution in [0.25, 0.3) is 79.2 Å². The molecule has 0 amide bonds. The van der Waals surface area contributed by atoms with Crippen LogP contribution in [-0.2, 0) is 0 Å². The molecular formula is C56H35BClF2N8O2. The first-order valence-electron chi connectivity index (χ1n) is 21.4. The minimum Gasteiger partial charge on any atom is -0.537 e. The van der Waals surface area contributed by atoms with Crippen LogP contribution >= 0.6 is 11.6 Å². The van der Waals surface area contributed by atoms with E-state index in [9.17, 15) is 14.0 Å². The Morgan fingerprint density at radius 1 is 0.386 bits per heavy atom. The lowest BCUT2D eigenvalue weighted by atomic mass is 10.0. The van der Waals surface area contributed by atoms with Crippen LogP contribution in [0, 0.1) is 34.3 Å². The Bertz CT molecular complexity index is 3440. The number of nitrogens with zero attached hydrogens (tertiary/aromatic N) is 8. The van der Waals surface area contributed by atoms with Crippen LogP contribution in [0.1, 0.15) is 11.1 Å². The summed E-state index contributed by atoms with van der Waals surface area (Å²) in [5.41, 5.74) is 8.40. The standard InChI is InChI=1S/C28H17FN4.C21H14ClN3.C7H4BFNO2/c29-25-16-15-23(17-24(25)18-30)28-32-26(21-9-5-2-6-10-21)31-27(33-28)22-13-11-20(12-14-22)19-7-3-1-4-8-19;22-21-24-19(17-9-5-2-6-10-17)23-20(25-21)18-13-11-16(12-14-18)15-7-3-1-4-8-15;9-7-2-1-6(12-8-11)3-5(7)4-10/h1-17H;1-14H;1-3,11H. The van der Waals surface area contributed by atoms with Crippen molar-refractivity contribution >= 4 is 19.3 Å².